The molecule has 7 aliphatic rings. The maximum atomic E-state index is 10.2. The molecular weight excluding hydrogens is 454 g/mol. The molecular formula is C32H39N5+2. The van der Waals surface area contributed by atoms with Gasteiger partial charge in [-0.2, -0.15) is 9.94 Å². The Kier molecular flexibility index (Phi) is 5.16. The monoisotopic (exact) mass is 493 g/mol. The van der Waals surface area contributed by atoms with Gasteiger partial charge in [-0.15, -0.1) is 4.68 Å². The molecule has 1 aromatic heterocycles. The topological polar surface area (TPSA) is 48.0 Å². The quantitative estimate of drug-likeness (QED) is 0.479. The molecule has 0 N–H and O–H groups in total. The number of hydrogen-bond donors (Lipinski definition) is 0. The first kappa shape index (κ1) is 23.1. The van der Waals surface area contributed by atoms with Gasteiger partial charge in [0.05, 0.1) is 35.2 Å². The van der Waals surface area contributed by atoms with E-state index in [4.69, 9.17) is 4.99 Å². The van der Waals surface area contributed by atoms with Gasteiger partial charge in [0.1, 0.15) is 5.69 Å². The van der Waals surface area contributed by atoms with Crippen molar-refractivity contribution in [3.8, 4) is 17.3 Å². The Morgan fingerprint density at radius 2 is 1.65 bits per heavy atom. The van der Waals surface area contributed by atoms with Crippen LogP contribution in [0.15, 0.2) is 36.0 Å². The lowest BCUT2D eigenvalue weighted by atomic mass is 9.59. The summed E-state index contributed by atoms with van der Waals surface area (Å²) in [7, 11) is 4.11. The average molecular weight is 494 g/mol. The van der Waals surface area contributed by atoms with Crippen molar-refractivity contribution >= 4 is 17.7 Å². The summed E-state index contributed by atoms with van der Waals surface area (Å²) in [4.78, 5) is 5.46. The molecule has 9 rings (SSSR count). The van der Waals surface area contributed by atoms with E-state index in [1.165, 1.54) is 82.9 Å². The molecule has 4 bridgehead atoms. The first-order chi connectivity index (χ1) is 18.0. The number of aryl methyl sites for hydroxylation is 1. The zero-order chi connectivity index (χ0) is 25.4. The van der Waals surface area contributed by atoms with Crippen LogP contribution in [0.4, 0.5) is 0 Å². The highest BCUT2D eigenvalue weighted by molar-refractivity contribution is 6.12. The molecule has 0 unspecified atom stereocenters. The van der Waals surface area contributed by atoms with E-state index < -0.39 is 0 Å². The Morgan fingerprint density at radius 3 is 2.19 bits per heavy atom. The molecule has 37 heavy (non-hydrogen) atoms. The van der Waals surface area contributed by atoms with E-state index >= 15 is 0 Å². The van der Waals surface area contributed by atoms with Gasteiger partial charge in [-0.25, -0.2) is 4.58 Å². The minimum Gasteiger partial charge on any atom is -0.224 e. The summed E-state index contributed by atoms with van der Waals surface area (Å²) in [6.45, 7) is 4.07. The van der Waals surface area contributed by atoms with Crippen LogP contribution in [-0.4, -0.2) is 26.5 Å². The molecule has 2 heterocycles. The molecule has 0 amide bonds. The van der Waals surface area contributed by atoms with Crippen molar-refractivity contribution in [2.24, 2.45) is 36.3 Å². The average Bonchev–Trinajstić information content (AvgIpc) is 3.26. The van der Waals surface area contributed by atoms with E-state index in [1.54, 1.807) is 0 Å². The summed E-state index contributed by atoms with van der Waals surface area (Å²) in [5.41, 5.74) is 5.32. The van der Waals surface area contributed by atoms with Gasteiger partial charge in [0.15, 0.2) is 13.2 Å². The van der Waals surface area contributed by atoms with Crippen LogP contribution in [0.2, 0.25) is 0 Å². The van der Waals surface area contributed by atoms with Gasteiger partial charge in [-0.1, -0.05) is 17.6 Å². The summed E-state index contributed by atoms with van der Waals surface area (Å²) in [5, 5.41) is 10.2. The number of benzene rings is 1. The molecule has 0 spiro atoms. The summed E-state index contributed by atoms with van der Waals surface area (Å²) in [5.74, 6) is 4.39. The minimum atomic E-state index is 0.214. The Morgan fingerprint density at radius 1 is 1.03 bits per heavy atom. The Labute approximate surface area is 220 Å². The van der Waals surface area contributed by atoms with Gasteiger partial charge >= 0.3 is 0 Å². The molecule has 5 heteroatoms. The van der Waals surface area contributed by atoms with E-state index in [1.807, 2.05) is 13.1 Å². The van der Waals surface area contributed by atoms with Crippen molar-refractivity contribution in [2.75, 3.05) is 0 Å². The summed E-state index contributed by atoms with van der Waals surface area (Å²) < 4.78 is 6.95. The van der Waals surface area contributed by atoms with E-state index in [-0.39, 0.29) is 11.0 Å². The number of amidine groups is 2. The molecule has 5 nitrogen and oxygen atoms in total. The maximum Gasteiger partial charge on any atom is 0.274 e. The second kappa shape index (κ2) is 8.25. The van der Waals surface area contributed by atoms with Crippen molar-refractivity contribution in [2.45, 2.75) is 82.6 Å². The highest BCUT2D eigenvalue weighted by Crippen LogP contribution is 2.55. The first-order valence-corrected chi connectivity index (χ1v) is 14.5. The first-order valence-electron chi connectivity index (χ1n) is 14.5. The molecule has 2 aromatic rings. The predicted octanol–water partition coefficient (Wildman–Crippen LogP) is 5.90. The Bertz CT molecular complexity index is 1370. The van der Waals surface area contributed by atoms with Crippen LogP contribution in [0.25, 0.3) is 17.3 Å². The van der Waals surface area contributed by atoms with E-state index in [0.29, 0.717) is 5.56 Å². The lowest BCUT2D eigenvalue weighted by molar-refractivity contribution is -0.750. The molecule has 6 aliphatic carbocycles. The molecule has 0 saturated heterocycles. The Hall–Kier alpha value is -3.00. The van der Waals surface area contributed by atoms with E-state index in [9.17, 15) is 5.26 Å². The summed E-state index contributed by atoms with van der Waals surface area (Å²) in [6.07, 6.45) is 19.9. The second-order valence-electron chi connectivity index (χ2n) is 12.7. The number of hydrogen-bond acceptors (Lipinski definition) is 2. The van der Waals surface area contributed by atoms with Crippen LogP contribution in [0.3, 0.4) is 0 Å². The largest absolute Gasteiger partial charge is 0.274 e. The van der Waals surface area contributed by atoms with Gasteiger partial charge in [-0.05, 0) is 101 Å². The van der Waals surface area contributed by atoms with Gasteiger partial charge in [-0.3, -0.25) is 0 Å². The van der Waals surface area contributed by atoms with Crippen LogP contribution in [0.1, 0.15) is 93.7 Å². The number of rotatable bonds is 5. The zero-order valence-corrected chi connectivity index (χ0v) is 22.5. The molecule has 190 valence electrons. The smallest absolute Gasteiger partial charge is 0.224 e. The number of nitrogens with zero attached hydrogens (tertiary/aromatic N) is 5. The highest BCUT2D eigenvalue weighted by Gasteiger charge is 2.57. The van der Waals surface area contributed by atoms with E-state index in [0.717, 1.165) is 40.1 Å². The van der Waals surface area contributed by atoms with Gasteiger partial charge in [0, 0.05) is 17.2 Å². The van der Waals surface area contributed by atoms with Crippen molar-refractivity contribution in [3.63, 3.8) is 0 Å². The van der Waals surface area contributed by atoms with E-state index in [2.05, 4.69) is 58.0 Å². The van der Waals surface area contributed by atoms with Crippen LogP contribution in [0.5, 0.6) is 0 Å². The van der Waals surface area contributed by atoms with Crippen LogP contribution in [-0.2, 0) is 14.1 Å². The fourth-order valence-corrected chi connectivity index (χ4v) is 8.53. The third kappa shape index (κ3) is 3.30. The lowest BCUT2D eigenvalue weighted by Gasteiger charge is -2.52. The standard InChI is InChI=1S/C32H39N5/c1-4-26-25(21-33)19-24(20-27(26)28-11-18-35(2)36(28)3)29-34-30(31-12-5-22(6-13-31)7-14-31)37(29)32-15-8-23(9-16-32)10-17-32/h4,11,18-20,22-23H,1,5-10,12-17H2,2-3H3/q+2. The fraction of sp³-hybridized carbons (Fsp3) is 0.562. The van der Waals surface area contributed by atoms with Crippen molar-refractivity contribution in [3.05, 3.63) is 47.7 Å². The van der Waals surface area contributed by atoms with Gasteiger partial charge < -0.3 is 0 Å². The van der Waals surface area contributed by atoms with Crippen molar-refractivity contribution < 1.29 is 9.26 Å². The Balaban J connectivity index is 1.39. The summed E-state index contributed by atoms with van der Waals surface area (Å²) in [6, 6.07) is 8.96. The third-order valence-corrected chi connectivity index (χ3v) is 11.0. The minimum absolute atomic E-state index is 0.214. The number of aromatic nitrogens is 2. The van der Waals surface area contributed by atoms with Crippen LogP contribution in [0, 0.1) is 28.6 Å². The van der Waals surface area contributed by atoms with Crippen molar-refractivity contribution in [1.29, 1.82) is 5.26 Å². The lowest BCUT2D eigenvalue weighted by Crippen LogP contribution is -2.61. The van der Waals surface area contributed by atoms with Gasteiger partial charge in [0.2, 0.25) is 5.84 Å². The fourth-order valence-electron chi connectivity index (χ4n) is 8.53. The summed E-state index contributed by atoms with van der Waals surface area (Å²) >= 11 is 0. The number of fused-ring (bicyclic) bond motifs is 6. The van der Waals surface area contributed by atoms with Crippen LogP contribution < -0.4 is 4.68 Å². The molecule has 1 aliphatic heterocycles. The molecule has 6 fully saturated rings. The third-order valence-electron chi connectivity index (χ3n) is 11.0. The zero-order valence-electron chi connectivity index (χ0n) is 22.5. The molecule has 0 radical (unpaired) electrons. The predicted molar refractivity (Wildman–Crippen MR) is 146 cm³/mol. The number of aliphatic imine (C=N–C) groups is 1. The van der Waals surface area contributed by atoms with Crippen molar-refractivity contribution in [1.82, 2.24) is 4.68 Å². The highest BCUT2D eigenvalue weighted by atomic mass is 15.4. The SMILES string of the molecule is C=Cc1c(C#N)cc(C2=NC(C34CCC(CC3)CC4)=[N+]2C23CCC(CC2)CC3)cc1-c1cc[n+](C)n1C. The van der Waals surface area contributed by atoms with Gasteiger partial charge in [0.25, 0.3) is 5.84 Å². The second-order valence-corrected chi connectivity index (χ2v) is 12.7. The molecule has 0 atom stereocenters. The van der Waals surface area contributed by atoms with Crippen LogP contribution >= 0.6 is 0 Å². The number of nitriles is 1. The maximum absolute atomic E-state index is 10.2. The molecule has 1 aromatic carbocycles. The molecule has 6 saturated carbocycles. The normalized spacial score (nSPS) is 32.2.